The summed E-state index contributed by atoms with van der Waals surface area (Å²) in [5.41, 5.74) is 17.2. The molecule has 0 N–H and O–H groups in total. The number of hydrogen-bond acceptors (Lipinski definition) is 0. The molecule has 3 heterocycles. The fourth-order valence-electron chi connectivity index (χ4n) is 9.67. The van der Waals surface area contributed by atoms with Crippen LogP contribution < -0.4 is 0 Å². The smallest absolute Gasteiger partial charge is 0.0541 e. The zero-order valence-corrected chi connectivity index (χ0v) is 31.3. The lowest BCUT2D eigenvalue weighted by Crippen LogP contribution is -2.04. The van der Waals surface area contributed by atoms with Crippen LogP contribution >= 0.6 is 0 Å². The lowest BCUT2D eigenvalue weighted by atomic mass is 9.98. The van der Waals surface area contributed by atoms with Gasteiger partial charge < -0.3 is 13.7 Å². The predicted octanol–water partition coefficient (Wildman–Crippen LogP) is 14.1. The van der Waals surface area contributed by atoms with Gasteiger partial charge in [0.1, 0.15) is 0 Å². The molecule has 8 aromatic carbocycles. The highest BCUT2D eigenvalue weighted by Crippen LogP contribution is 2.42. The maximum Gasteiger partial charge on any atom is 0.0541 e. The van der Waals surface area contributed by atoms with Gasteiger partial charge in [-0.25, -0.2) is 0 Å². The molecule has 3 aromatic heterocycles. The van der Waals surface area contributed by atoms with Gasteiger partial charge in [0, 0.05) is 55.0 Å². The number of rotatable bonds is 5. The van der Waals surface area contributed by atoms with Crippen molar-refractivity contribution in [3.63, 3.8) is 0 Å². The summed E-state index contributed by atoms with van der Waals surface area (Å²) in [6.07, 6.45) is 6.72. The Balaban J connectivity index is 1.10. The van der Waals surface area contributed by atoms with Gasteiger partial charge in [0.15, 0.2) is 0 Å². The third kappa shape index (κ3) is 4.79. The maximum absolute atomic E-state index is 2.52. The van der Waals surface area contributed by atoms with Crippen LogP contribution in [0.4, 0.5) is 0 Å². The summed E-state index contributed by atoms with van der Waals surface area (Å²) < 4.78 is 7.38. The number of allylic oxidation sites excluding steroid dienone is 1. The maximum atomic E-state index is 2.52. The minimum absolute atomic E-state index is 1.03. The van der Waals surface area contributed by atoms with Crippen LogP contribution in [0.3, 0.4) is 0 Å². The summed E-state index contributed by atoms with van der Waals surface area (Å²) in [4.78, 5) is 0. The second-order valence-corrected chi connectivity index (χ2v) is 15.2. The fourth-order valence-corrected chi connectivity index (χ4v) is 9.67. The molecule has 268 valence electrons. The number of para-hydroxylation sites is 6. The van der Waals surface area contributed by atoms with Crippen LogP contribution in [0.1, 0.15) is 17.7 Å². The molecule has 0 radical (unpaired) electrons. The summed E-state index contributed by atoms with van der Waals surface area (Å²) in [6.45, 7) is 0. The van der Waals surface area contributed by atoms with Gasteiger partial charge in [0.25, 0.3) is 0 Å². The molecule has 11 aromatic rings. The Morgan fingerprint density at radius 1 is 0.351 bits per heavy atom. The first-order valence-electron chi connectivity index (χ1n) is 19.9. The van der Waals surface area contributed by atoms with Crippen LogP contribution in [0.5, 0.6) is 0 Å². The SMILES string of the molecule is C1=Cc2c(n(-c3ccccc3-c3ccc4c(c3)c3cc(-c5ccccc5-n5c6ccccc6c6ccccc65)ccc3n4-c3ccccc3)c3ccccc23)CC1. The Kier molecular flexibility index (Phi) is 7.05. The van der Waals surface area contributed by atoms with Gasteiger partial charge in [-0.3, -0.25) is 0 Å². The van der Waals surface area contributed by atoms with E-state index in [9.17, 15) is 0 Å². The molecule has 0 atom stereocenters. The average Bonchev–Trinajstić information content (AvgIpc) is 3.92. The van der Waals surface area contributed by atoms with E-state index in [-0.39, 0.29) is 0 Å². The van der Waals surface area contributed by atoms with Gasteiger partial charge in [0.2, 0.25) is 0 Å². The zero-order valence-electron chi connectivity index (χ0n) is 31.3. The number of aromatic nitrogens is 3. The molecule has 3 heteroatoms. The molecule has 0 bridgehead atoms. The van der Waals surface area contributed by atoms with Crippen molar-refractivity contribution < 1.29 is 0 Å². The van der Waals surface area contributed by atoms with E-state index in [2.05, 4.69) is 214 Å². The molecule has 0 aliphatic heterocycles. The third-order valence-electron chi connectivity index (χ3n) is 12.1. The summed E-state index contributed by atoms with van der Waals surface area (Å²) in [5.74, 6) is 0. The van der Waals surface area contributed by atoms with E-state index in [0.717, 1.165) is 18.5 Å². The Morgan fingerprint density at radius 3 is 1.44 bits per heavy atom. The van der Waals surface area contributed by atoms with Crippen molar-refractivity contribution in [2.45, 2.75) is 12.8 Å². The molecule has 1 aliphatic rings. The lowest BCUT2D eigenvalue weighted by molar-refractivity contribution is 0.889. The van der Waals surface area contributed by atoms with Crippen LogP contribution in [0, 0.1) is 0 Å². The van der Waals surface area contributed by atoms with Crippen LogP contribution in [-0.4, -0.2) is 13.7 Å². The largest absolute Gasteiger partial charge is 0.312 e. The molecule has 3 nitrogen and oxygen atoms in total. The molecule has 0 spiro atoms. The normalized spacial score (nSPS) is 12.7. The van der Waals surface area contributed by atoms with Crippen molar-refractivity contribution in [1.82, 2.24) is 13.7 Å². The fraction of sp³-hybridized carbons (Fsp3) is 0.0370. The number of nitrogens with zero attached hydrogens (tertiary/aromatic N) is 3. The molecule has 1 aliphatic carbocycles. The van der Waals surface area contributed by atoms with E-state index < -0.39 is 0 Å². The van der Waals surface area contributed by atoms with Crippen LogP contribution in [0.2, 0.25) is 0 Å². The van der Waals surface area contributed by atoms with Crippen LogP contribution in [0.15, 0.2) is 194 Å². The van der Waals surface area contributed by atoms with E-state index >= 15 is 0 Å². The first-order chi connectivity index (χ1) is 28.3. The lowest BCUT2D eigenvalue weighted by Gasteiger charge is -2.17. The van der Waals surface area contributed by atoms with Crippen LogP contribution in [0.25, 0.3) is 99.9 Å². The average molecular weight is 728 g/mol. The van der Waals surface area contributed by atoms with Gasteiger partial charge in [-0.2, -0.15) is 0 Å². The number of benzene rings is 8. The second-order valence-electron chi connectivity index (χ2n) is 15.2. The molecule has 0 saturated heterocycles. The summed E-state index contributed by atoms with van der Waals surface area (Å²) >= 11 is 0. The topological polar surface area (TPSA) is 14.8 Å². The highest BCUT2D eigenvalue weighted by molar-refractivity contribution is 6.13. The molecule has 0 amide bonds. The standard InChI is InChI=1S/C54H37N3/c1-2-16-38(17-3-1)55-53-32-30-36(39-18-4-10-24-47(39)56-49-26-12-6-20-41(49)42-21-7-13-27-50(42)56)34-45(53)46-35-37(31-33-54(46)55)40-19-5-11-25-48(40)57-51-28-14-8-22-43(51)44-23-9-15-29-52(44)57/h1-14,16-28,30-35H,15,29H2. The van der Waals surface area contributed by atoms with Gasteiger partial charge in [-0.15, -0.1) is 0 Å². The Bertz CT molecular complexity index is 3350. The van der Waals surface area contributed by atoms with E-state index in [1.165, 1.54) is 99.4 Å². The van der Waals surface area contributed by atoms with Crippen molar-refractivity contribution in [3.05, 3.63) is 205 Å². The monoisotopic (exact) mass is 727 g/mol. The molecule has 0 saturated carbocycles. The Labute approximate surface area is 330 Å². The van der Waals surface area contributed by atoms with Crippen molar-refractivity contribution in [3.8, 4) is 39.3 Å². The molecule has 0 fully saturated rings. The zero-order chi connectivity index (χ0) is 37.5. The second kappa shape index (κ2) is 12.6. The highest BCUT2D eigenvalue weighted by atomic mass is 15.0. The quantitative estimate of drug-likeness (QED) is 0.168. The molecule has 0 unspecified atom stereocenters. The Hall–Kier alpha value is -7.36. The van der Waals surface area contributed by atoms with Gasteiger partial charge in [-0.1, -0.05) is 133 Å². The molecule has 12 rings (SSSR count). The first-order valence-corrected chi connectivity index (χ1v) is 19.9. The molecular weight excluding hydrogens is 691 g/mol. The van der Waals surface area contributed by atoms with Gasteiger partial charge in [0.05, 0.1) is 39.0 Å². The number of fused-ring (bicyclic) bond motifs is 9. The van der Waals surface area contributed by atoms with Crippen LogP contribution in [-0.2, 0) is 6.42 Å². The van der Waals surface area contributed by atoms with E-state index in [0.29, 0.717) is 0 Å². The highest BCUT2D eigenvalue weighted by Gasteiger charge is 2.22. The van der Waals surface area contributed by atoms with Crippen molar-refractivity contribution in [1.29, 1.82) is 0 Å². The summed E-state index contributed by atoms with van der Waals surface area (Å²) in [5, 5.41) is 6.31. The molecule has 57 heavy (non-hydrogen) atoms. The minimum Gasteiger partial charge on any atom is -0.312 e. The van der Waals surface area contributed by atoms with Gasteiger partial charge >= 0.3 is 0 Å². The van der Waals surface area contributed by atoms with Gasteiger partial charge in [-0.05, 0) is 90.7 Å². The summed E-state index contributed by atoms with van der Waals surface area (Å²) in [7, 11) is 0. The van der Waals surface area contributed by atoms with E-state index in [1.54, 1.807) is 0 Å². The summed E-state index contributed by atoms with van der Waals surface area (Å²) in [6, 6.07) is 69.1. The molecular formula is C54H37N3. The van der Waals surface area contributed by atoms with E-state index in [4.69, 9.17) is 0 Å². The van der Waals surface area contributed by atoms with Crippen molar-refractivity contribution >= 4 is 60.6 Å². The van der Waals surface area contributed by atoms with E-state index in [1.807, 2.05) is 0 Å². The third-order valence-corrected chi connectivity index (χ3v) is 12.1. The first kappa shape index (κ1) is 31.9. The van der Waals surface area contributed by atoms with Crippen molar-refractivity contribution in [2.24, 2.45) is 0 Å². The number of hydrogen-bond donors (Lipinski definition) is 0. The Morgan fingerprint density at radius 2 is 0.825 bits per heavy atom. The van der Waals surface area contributed by atoms with Crippen molar-refractivity contribution in [2.75, 3.05) is 0 Å². The minimum atomic E-state index is 1.03. The predicted molar refractivity (Wildman–Crippen MR) is 240 cm³/mol.